The minimum Gasteiger partial charge on any atom is -0.326 e. The van der Waals surface area contributed by atoms with Crippen molar-refractivity contribution < 1.29 is 4.79 Å². The Balaban J connectivity index is 2.44. The van der Waals surface area contributed by atoms with Crippen LogP contribution in [0.15, 0.2) is 18.2 Å². The lowest BCUT2D eigenvalue weighted by atomic mass is 10.0. The summed E-state index contributed by atoms with van der Waals surface area (Å²) in [5, 5.41) is 3.38. The van der Waals surface area contributed by atoms with Gasteiger partial charge >= 0.3 is 0 Å². The molecule has 1 aromatic carbocycles. The molecule has 4 heteroatoms. The second kappa shape index (κ2) is 3.51. The first-order valence-electron chi connectivity index (χ1n) is 4.88. The summed E-state index contributed by atoms with van der Waals surface area (Å²) in [5.41, 5.74) is 7.37. The van der Waals surface area contributed by atoms with Gasteiger partial charge in [0.2, 0.25) is 5.91 Å². The maximum Gasteiger partial charge on any atom is 0.221 e. The molecule has 2 rings (SSSR count). The minimum absolute atomic E-state index is 0.109. The molecule has 0 bridgehead atoms. The summed E-state index contributed by atoms with van der Waals surface area (Å²) in [6.45, 7) is 1.47. The summed E-state index contributed by atoms with van der Waals surface area (Å²) >= 11 is 6.11. The van der Waals surface area contributed by atoms with Gasteiger partial charge in [0.1, 0.15) is 0 Å². The molecule has 1 aliphatic carbocycles. The Hall–Kier alpha value is -1.06. The number of anilines is 1. The average Bonchev–Trinajstić information content (AvgIpc) is 2.83. The van der Waals surface area contributed by atoms with E-state index in [4.69, 9.17) is 17.3 Å². The zero-order chi connectivity index (χ0) is 11.1. The van der Waals surface area contributed by atoms with E-state index in [9.17, 15) is 4.79 Å². The smallest absolute Gasteiger partial charge is 0.221 e. The average molecular weight is 225 g/mol. The number of halogens is 1. The van der Waals surface area contributed by atoms with Gasteiger partial charge in [0.05, 0.1) is 0 Å². The van der Waals surface area contributed by atoms with E-state index < -0.39 is 0 Å². The van der Waals surface area contributed by atoms with Crippen molar-refractivity contribution in [2.24, 2.45) is 5.73 Å². The fourth-order valence-electron chi connectivity index (χ4n) is 1.71. The Morgan fingerprint density at radius 1 is 1.53 bits per heavy atom. The van der Waals surface area contributed by atoms with E-state index >= 15 is 0 Å². The number of hydrogen-bond donors (Lipinski definition) is 2. The molecule has 80 valence electrons. The molecule has 1 aromatic rings. The Morgan fingerprint density at radius 2 is 2.20 bits per heavy atom. The van der Waals surface area contributed by atoms with Crippen LogP contribution in [0.4, 0.5) is 5.69 Å². The van der Waals surface area contributed by atoms with Gasteiger partial charge in [-0.1, -0.05) is 17.7 Å². The first kappa shape index (κ1) is 10.5. The van der Waals surface area contributed by atoms with Crippen molar-refractivity contribution in [1.82, 2.24) is 0 Å². The molecular formula is C11H13ClN2O. The van der Waals surface area contributed by atoms with E-state index in [1.165, 1.54) is 6.92 Å². The second-order valence-corrected chi connectivity index (χ2v) is 4.41. The van der Waals surface area contributed by atoms with E-state index in [0.717, 1.165) is 24.1 Å². The lowest BCUT2D eigenvalue weighted by molar-refractivity contribution is -0.114. The highest BCUT2D eigenvalue weighted by Crippen LogP contribution is 2.48. The Kier molecular flexibility index (Phi) is 2.44. The van der Waals surface area contributed by atoms with Crippen molar-refractivity contribution in [2.75, 3.05) is 5.32 Å². The van der Waals surface area contributed by atoms with Gasteiger partial charge in [-0.05, 0) is 25.0 Å². The molecule has 0 atom stereocenters. The first-order valence-corrected chi connectivity index (χ1v) is 5.26. The van der Waals surface area contributed by atoms with Crippen LogP contribution < -0.4 is 11.1 Å². The highest BCUT2D eigenvalue weighted by Gasteiger charge is 2.43. The number of carbonyl (C=O) groups excluding carboxylic acids is 1. The Morgan fingerprint density at radius 3 is 2.73 bits per heavy atom. The molecule has 0 spiro atoms. The van der Waals surface area contributed by atoms with Crippen LogP contribution in [0.3, 0.4) is 0 Å². The second-order valence-electron chi connectivity index (χ2n) is 4.00. The molecule has 1 saturated carbocycles. The van der Waals surface area contributed by atoms with Crippen molar-refractivity contribution in [3.63, 3.8) is 0 Å². The molecule has 0 heterocycles. The van der Waals surface area contributed by atoms with Crippen LogP contribution in [0, 0.1) is 0 Å². The van der Waals surface area contributed by atoms with Crippen LogP contribution in [0.5, 0.6) is 0 Å². The lowest BCUT2D eigenvalue weighted by Gasteiger charge is -2.16. The van der Waals surface area contributed by atoms with Crippen molar-refractivity contribution in [2.45, 2.75) is 25.3 Å². The summed E-state index contributed by atoms with van der Waals surface area (Å²) in [6.07, 6.45) is 1.84. The van der Waals surface area contributed by atoms with Crippen LogP contribution in [-0.4, -0.2) is 5.91 Å². The third kappa shape index (κ3) is 1.98. The minimum atomic E-state index is -0.337. The first-order chi connectivity index (χ1) is 7.03. The van der Waals surface area contributed by atoms with Gasteiger partial charge in [-0.15, -0.1) is 0 Å². The molecule has 0 saturated heterocycles. The topological polar surface area (TPSA) is 55.1 Å². The monoisotopic (exact) mass is 224 g/mol. The molecule has 3 nitrogen and oxygen atoms in total. The maximum absolute atomic E-state index is 11.0. The summed E-state index contributed by atoms with van der Waals surface area (Å²) in [7, 11) is 0. The van der Waals surface area contributed by atoms with Gasteiger partial charge in [-0.25, -0.2) is 0 Å². The van der Waals surface area contributed by atoms with Gasteiger partial charge in [0.15, 0.2) is 0 Å². The molecule has 1 fully saturated rings. The number of amides is 1. The van der Waals surface area contributed by atoms with Crippen molar-refractivity contribution in [1.29, 1.82) is 0 Å². The third-order valence-electron chi connectivity index (χ3n) is 2.61. The maximum atomic E-state index is 11.0. The number of nitrogens with one attached hydrogen (secondary N) is 1. The van der Waals surface area contributed by atoms with E-state index in [1.807, 2.05) is 12.1 Å². The molecule has 1 aliphatic rings. The molecule has 0 aromatic heterocycles. The number of hydrogen-bond acceptors (Lipinski definition) is 2. The standard InChI is InChI=1S/C11H13ClN2O/c1-7(15)14-9-4-2-3-8(12)10(9)11(13)5-6-11/h2-4H,5-6,13H2,1H3,(H,14,15). The molecule has 0 radical (unpaired) electrons. The van der Waals surface area contributed by atoms with Gasteiger partial charge < -0.3 is 11.1 Å². The molecule has 15 heavy (non-hydrogen) atoms. The third-order valence-corrected chi connectivity index (χ3v) is 2.93. The van der Waals surface area contributed by atoms with Gasteiger partial charge in [-0.3, -0.25) is 4.79 Å². The predicted molar refractivity (Wildman–Crippen MR) is 60.9 cm³/mol. The van der Waals surface area contributed by atoms with Gasteiger partial charge in [0.25, 0.3) is 0 Å². The Bertz CT molecular complexity index is 413. The zero-order valence-electron chi connectivity index (χ0n) is 8.51. The summed E-state index contributed by atoms with van der Waals surface area (Å²) in [5.74, 6) is -0.109. The lowest BCUT2D eigenvalue weighted by Crippen LogP contribution is -2.22. The molecular weight excluding hydrogens is 212 g/mol. The molecule has 1 amide bonds. The highest BCUT2D eigenvalue weighted by molar-refractivity contribution is 6.32. The van der Waals surface area contributed by atoms with E-state index in [-0.39, 0.29) is 11.4 Å². The van der Waals surface area contributed by atoms with E-state index in [2.05, 4.69) is 5.32 Å². The van der Waals surface area contributed by atoms with E-state index in [0.29, 0.717) is 5.02 Å². The van der Waals surface area contributed by atoms with Crippen molar-refractivity contribution >= 4 is 23.2 Å². The van der Waals surface area contributed by atoms with Gasteiger partial charge in [0, 0.05) is 28.7 Å². The van der Waals surface area contributed by atoms with Crippen LogP contribution >= 0.6 is 11.6 Å². The fourth-order valence-corrected chi connectivity index (χ4v) is 2.07. The van der Waals surface area contributed by atoms with Crippen LogP contribution in [0.1, 0.15) is 25.3 Å². The summed E-state index contributed by atoms with van der Waals surface area (Å²) < 4.78 is 0. The fraction of sp³-hybridized carbons (Fsp3) is 0.364. The molecule has 0 unspecified atom stereocenters. The van der Waals surface area contributed by atoms with Crippen LogP contribution in [0.2, 0.25) is 5.02 Å². The van der Waals surface area contributed by atoms with Gasteiger partial charge in [-0.2, -0.15) is 0 Å². The normalized spacial score (nSPS) is 17.3. The summed E-state index contributed by atoms with van der Waals surface area (Å²) in [6, 6.07) is 5.44. The predicted octanol–water partition coefficient (Wildman–Crippen LogP) is 2.25. The van der Waals surface area contributed by atoms with Crippen LogP contribution in [0.25, 0.3) is 0 Å². The number of carbonyl (C=O) groups is 1. The molecule has 0 aliphatic heterocycles. The SMILES string of the molecule is CC(=O)Nc1cccc(Cl)c1C1(N)CC1. The molecule has 3 N–H and O–H groups in total. The number of benzene rings is 1. The number of nitrogens with two attached hydrogens (primary N) is 1. The summed E-state index contributed by atoms with van der Waals surface area (Å²) in [4.78, 5) is 11.0. The van der Waals surface area contributed by atoms with Crippen LogP contribution in [-0.2, 0) is 10.3 Å². The zero-order valence-corrected chi connectivity index (χ0v) is 9.27. The van der Waals surface area contributed by atoms with Crippen molar-refractivity contribution in [3.8, 4) is 0 Å². The van der Waals surface area contributed by atoms with Crippen molar-refractivity contribution in [3.05, 3.63) is 28.8 Å². The quantitative estimate of drug-likeness (QED) is 0.810. The highest BCUT2D eigenvalue weighted by atomic mass is 35.5. The largest absolute Gasteiger partial charge is 0.326 e. The Labute approximate surface area is 93.6 Å². The van der Waals surface area contributed by atoms with E-state index in [1.54, 1.807) is 6.07 Å². The number of rotatable bonds is 2.